The van der Waals surface area contributed by atoms with E-state index in [4.69, 9.17) is 5.11 Å². The number of sulfonamides is 1. The number of aliphatic carboxylic acids is 1. The number of carbonyl (C=O) groups is 2. The standard InChI is InChI=1S/C19H22N2O5S/c1-13-17(19(23)24)9-11-21(13)18(22)8-10-20-27(25,26)16-7-6-14-4-2-3-5-15(14)12-16/h2-7,12-13,17,20H,8-11H2,1H3,(H,23,24). The van der Waals surface area contributed by atoms with Crippen molar-refractivity contribution in [2.45, 2.75) is 30.7 Å². The summed E-state index contributed by atoms with van der Waals surface area (Å²) in [5.41, 5.74) is 0. The molecule has 1 aliphatic heterocycles. The first-order valence-electron chi connectivity index (χ1n) is 8.80. The van der Waals surface area contributed by atoms with Crippen molar-refractivity contribution in [2.75, 3.05) is 13.1 Å². The minimum absolute atomic E-state index is 0.0104. The van der Waals surface area contributed by atoms with Gasteiger partial charge in [0.15, 0.2) is 0 Å². The van der Waals surface area contributed by atoms with Gasteiger partial charge in [0.1, 0.15) is 0 Å². The minimum Gasteiger partial charge on any atom is -0.481 e. The monoisotopic (exact) mass is 390 g/mol. The van der Waals surface area contributed by atoms with Crippen LogP contribution >= 0.6 is 0 Å². The highest BCUT2D eigenvalue weighted by Gasteiger charge is 2.37. The molecule has 144 valence electrons. The molecule has 2 unspecified atom stereocenters. The topological polar surface area (TPSA) is 104 Å². The zero-order valence-corrected chi connectivity index (χ0v) is 15.8. The molecule has 1 heterocycles. The molecule has 0 aliphatic carbocycles. The molecular formula is C19H22N2O5S. The quantitative estimate of drug-likeness (QED) is 0.783. The predicted molar refractivity (Wildman–Crippen MR) is 101 cm³/mol. The number of benzene rings is 2. The normalized spacial score (nSPS) is 20.1. The summed E-state index contributed by atoms with van der Waals surface area (Å²) in [7, 11) is -3.72. The third kappa shape index (κ3) is 4.12. The number of nitrogens with one attached hydrogen (secondary N) is 1. The first-order valence-corrected chi connectivity index (χ1v) is 10.3. The van der Waals surface area contributed by atoms with Gasteiger partial charge in [0, 0.05) is 25.6 Å². The van der Waals surface area contributed by atoms with E-state index < -0.39 is 21.9 Å². The van der Waals surface area contributed by atoms with Gasteiger partial charge in [-0.05, 0) is 36.2 Å². The third-order valence-corrected chi connectivity index (χ3v) is 6.51. The summed E-state index contributed by atoms with van der Waals surface area (Å²) in [6.07, 6.45) is 0.411. The van der Waals surface area contributed by atoms with Crippen molar-refractivity contribution in [3.63, 3.8) is 0 Å². The molecule has 0 spiro atoms. The van der Waals surface area contributed by atoms with E-state index in [-0.39, 0.29) is 29.8 Å². The van der Waals surface area contributed by atoms with E-state index in [0.717, 1.165) is 10.8 Å². The second kappa shape index (κ2) is 7.66. The average Bonchev–Trinajstić information content (AvgIpc) is 3.03. The number of amides is 1. The lowest BCUT2D eigenvalue weighted by molar-refractivity contribution is -0.143. The Hall–Kier alpha value is -2.45. The summed E-state index contributed by atoms with van der Waals surface area (Å²) < 4.78 is 27.4. The van der Waals surface area contributed by atoms with Crippen molar-refractivity contribution in [3.05, 3.63) is 42.5 Å². The Labute approximate surface area is 158 Å². The Morgan fingerprint density at radius 2 is 1.89 bits per heavy atom. The molecule has 1 aliphatic rings. The molecule has 7 nitrogen and oxygen atoms in total. The van der Waals surface area contributed by atoms with Gasteiger partial charge in [-0.15, -0.1) is 0 Å². The van der Waals surface area contributed by atoms with Gasteiger partial charge in [-0.3, -0.25) is 9.59 Å². The predicted octanol–water partition coefficient (Wildman–Crippen LogP) is 1.83. The molecule has 2 aromatic carbocycles. The molecule has 27 heavy (non-hydrogen) atoms. The molecule has 8 heteroatoms. The molecule has 0 bridgehead atoms. The van der Waals surface area contributed by atoms with Crippen LogP contribution in [0.15, 0.2) is 47.4 Å². The lowest BCUT2D eigenvalue weighted by Gasteiger charge is -2.23. The zero-order valence-electron chi connectivity index (χ0n) is 15.0. The fraction of sp³-hybridized carbons (Fsp3) is 0.368. The highest BCUT2D eigenvalue weighted by atomic mass is 32.2. The van der Waals surface area contributed by atoms with Crippen LogP contribution in [0.2, 0.25) is 0 Å². The highest BCUT2D eigenvalue weighted by Crippen LogP contribution is 2.25. The van der Waals surface area contributed by atoms with Crippen LogP contribution in [0.4, 0.5) is 0 Å². The zero-order chi connectivity index (χ0) is 19.6. The Bertz CT molecular complexity index is 973. The number of carbonyl (C=O) groups excluding carboxylic acids is 1. The van der Waals surface area contributed by atoms with E-state index in [1.807, 2.05) is 24.3 Å². The van der Waals surface area contributed by atoms with Crippen molar-refractivity contribution in [1.29, 1.82) is 0 Å². The van der Waals surface area contributed by atoms with Gasteiger partial charge in [-0.2, -0.15) is 0 Å². The molecule has 1 saturated heterocycles. The lowest BCUT2D eigenvalue weighted by atomic mass is 10.0. The Kier molecular flexibility index (Phi) is 5.48. The molecule has 0 aromatic heterocycles. The van der Waals surface area contributed by atoms with Crippen LogP contribution in [0.1, 0.15) is 19.8 Å². The summed E-state index contributed by atoms with van der Waals surface area (Å²) >= 11 is 0. The maximum Gasteiger partial charge on any atom is 0.308 e. The van der Waals surface area contributed by atoms with Gasteiger partial charge in [0.05, 0.1) is 10.8 Å². The first-order chi connectivity index (χ1) is 12.8. The summed E-state index contributed by atoms with van der Waals surface area (Å²) in [5, 5.41) is 10.9. The van der Waals surface area contributed by atoms with E-state index in [9.17, 15) is 18.0 Å². The van der Waals surface area contributed by atoms with E-state index in [2.05, 4.69) is 4.72 Å². The Morgan fingerprint density at radius 3 is 2.56 bits per heavy atom. The Balaban J connectivity index is 1.60. The van der Waals surface area contributed by atoms with Gasteiger partial charge in [0.25, 0.3) is 0 Å². The van der Waals surface area contributed by atoms with Crippen LogP contribution in [-0.2, 0) is 19.6 Å². The van der Waals surface area contributed by atoms with Crippen molar-refractivity contribution >= 4 is 32.7 Å². The van der Waals surface area contributed by atoms with Gasteiger partial charge in [0.2, 0.25) is 15.9 Å². The molecule has 2 aromatic rings. The smallest absolute Gasteiger partial charge is 0.308 e. The van der Waals surface area contributed by atoms with Gasteiger partial charge >= 0.3 is 5.97 Å². The number of likely N-dealkylation sites (tertiary alicyclic amines) is 1. The van der Waals surface area contributed by atoms with E-state index in [0.29, 0.717) is 13.0 Å². The lowest BCUT2D eigenvalue weighted by Crippen LogP contribution is -2.39. The molecule has 0 radical (unpaired) electrons. The van der Waals surface area contributed by atoms with Crippen LogP contribution in [-0.4, -0.2) is 49.4 Å². The molecule has 1 fully saturated rings. The van der Waals surface area contributed by atoms with Gasteiger partial charge < -0.3 is 10.0 Å². The summed E-state index contributed by atoms with van der Waals surface area (Å²) in [5.74, 6) is -1.72. The number of fused-ring (bicyclic) bond motifs is 1. The maximum atomic E-state index is 12.5. The van der Waals surface area contributed by atoms with E-state index >= 15 is 0 Å². The fourth-order valence-corrected chi connectivity index (χ4v) is 4.54. The second-order valence-electron chi connectivity index (χ2n) is 6.72. The van der Waals surface area contributed by atoms with Crippen molar-refractivity contribution in [1.82, 2.24) is 9.62 Å². The molecule has 2 atom stereocenters. The maximum absolute atomic E-state index is 12.5. The van der Waals surface area contributed by atoms with Crippen LogP contribution in [0.3, 0.4) is 0 Å². The van der Waals surface area contributed by atoms with Crippen molar-refractivity contribution in [2.24, 2.45) is 5.92 Å². The number of rotatable bonds is 6. The molecular weight excluding hydrogens is 368 g/mol. The molecule has 3 rings (SSSR count). The Morgan fingerprint density at radius 1 is 1.19 bits per heavy atom. The molecule has 1 amide bonds. The average molecular weight is 390 g/mol. The third-order valence-electron chi connectivity index (χ3n) is 5.05. The number of hydrogen-bond donors (Lipinski definition) is 2. The number of nitrogens with zero attached hydrogens (tertiary/aromatic N) is 1. The number of carboxylic acid groups (broad SMARTS) is 1. The fourth-order valence-electron chi connectivity index (χ4n) is 3.48. The summed E-state index contributed by atoms with van der Waals surface area (Å²) in [4.78, 5) is 25.1. The highest BCUT2D eigenvalue weighted by molar-refractivity contribution is 7.89. The summed E-state index contributed by atoms with van der Waals surface area (Å²) in [6.45, 7) is 2.06. The van der Waals surface area contributed by atoms with Gasteiger partial charge in [-0.25, -0.2) is 13.1 Å². The number of carboxylic acids is 1. The SMILES string of the molecule is CC1C(C(=O)O)CCN1C(=O)CCNS(=O)(=O)c1ccc2ccccc2c1. The van der Waals surface area contributed by atoms with E-state index in [1.165, 1.54) is 11.0 Å². The van der Waals surface area contributed by atoms with Crippen LogP contribution in [0, 0.1) is 5.92 Å². The summed E-state index contributed by atoms with van der Waals surface area (Å²) in [6, 6.07) is 12.0. The minimum atomic E-state index is -3.72. The second-order valence-corrected chi connectivity index (χ2v) is 8.48. The first kappa shape index (κ1) is 19.3. The molecule has 2 N–H and O–H groups in total. The van der Waals surface area contributed by atoms with Gasteiger partial charge in [-0.1, -0.05) is 30.3 Å². The number of hydrogen-bond acceptors (Lipinski definition) is 4. The largest absolute Gasteiger partial charge is 0.481 e. The van der Waals surface area contributed by atoms with Crippen LogP contribution < -0.4 is 4.72 Å². The van der Waals surface area contributed by atoms with E-state index in [1.54, 1.807) is 19.1 Å². The molecule has 0 saturated carbocycles. The van der Waals surface area contributed by atoms with Crippen LogP contribution in [0.25, 0.3) is 10.8 Å². The van der Waals surface area contributed by atoms with Crippen molar-refractivity contribution < 1.29 is 23.1 Å². The van der Waals surface area contributed by atoms with Crippen molar-refractivity contribution in [3.8, 4) is 0 Å². The van der Waals surface area contributed by atoms with Crippen LogP contribution in [0.5, 0.6) is 0 Å².